The van der Waals surface area contributed by atoms with Gasteiger partial charge in [0.25, 0.3) is 5.91 Å². The highest BCUT2D eigenvalue weighted by Gasteiger charge is 2.73. The van der Waals surface area contributed by atoms with Crippen molar-refractivity contribution in [2.45, 2.75) is 36.8 Å². The van der Waals surface area contributed by atoms with Crippen molar-refractivity contribution in [1.29, 1.82) is 0 Å². The molecule has 0 N–H and O–H groups in total. The van der Waals surface area contributed by atoms with Crippen LogP contribution in [0.15, 0.2) is 41.3 Å². The molecule has 0 fully saturated rings. The fourth-order valence-electron chi connectivity index (χ4n) is 3.33. The first-order valence-electron chi connectivity index (χ1n) is 10.2. The summed E-state index contributed by atoms with van der Waals surface area (Å²) in [6.45, 7) is 1.97. The van der Waals surface area contributed by atoms with E-state index >= 15 is 0 Å². The second kappa shape index (κ2) is 10.5. The number of nitrogens with zero attached hydrogens (tertiary/aromatic N) is 1. The summed E-state index contributed by atoms with van der Waals surface area (Å²) in [5.41, 5.74) is -10.8. The van der Waals surface area contributed by atoms with Crippen LogP contribution >= 0.6 is 11.6 Å². The van der Waals surface area contributed by atoms with E-state index in [4.69, 9.17) is 11.6 Å². The molecule has 0 aliphatic heterocycles. The third kappa shape index (κ3) is 5.48. The van der Waals surface area contributed by atoms with Gasteiger partial charge in [0.2, 0.25) is 5.91 Å². The summed E-state index contributed by atoms with van der Waals surface area (Å²) in [6.07, 6.45) is -13.0. The van der Waals surface area contributed by atoms with Gasteiger partial charge in [-0.1, -0.05) is 24.6 Å². The van der Waals surface area contributed by atoms with Gasteiger partial charge in [-0.05, 0) is 30.3 Å². The molecule has 0 saturated carbocycles. The molecule has 2 aromatic rings. The third-order valence-corrected chi connectivity index (χ3v) is 7.23. The van der Waals surface area contributed by atoms with E-state index in [9.17, 15) is 53.5 Å². The Morgan fingerprint density at radius 2 is 1.47 bits per heavy atom. The lowest BCUT2D eigenvalue weighted by molar-refractivity contribution is -0.348. The number of methoxy groups -OCH3 is 1. The molecule has 2 aromatic carbocycles. The largest absolute Gasteiger partial charge is 0.465 e. The highest BCUT2D eigenvalue weighted by Crippen LogP contribution is 2.53. The number of benzene rings is 2. The summed E-state index contributed by atoms with van der Waals surface area (Å²) in [5, 5.41) is -0.124. The molecule has 0 heterocycles. The van der Waals surface area contributed by atoms with Crippen LogP contribution in [0, 0.1) is 0 Å². The topological polar surface area (TPSA) is 97.8 Å². The number of halogens is 8. The van der Waals surface area contributed by atoms with Crippen LogP contribution in [0.5, 0.6) is 0 Å². The Hall–Kier alpha value is -3.20. The van der Waals surface area contributed by atoms with E-state index in [-0.39, 0.29) is 22.1 Å². The van der Waals surface area contributed by atoms with Crippen molar-refractivity contribution in [2.75, 3.05) is 17.8 Å². The summed E-state index contributed by atoms with van der Waals surface area (Å²) in [6, 6.07) is 3.01. The van der Waals surface area contributed by atoms with Crippen molar-refractivity contribution >= 4 is 44.9 Å². The molecule has 0 aliphatic rings. The summed E-state index contributed by atoms with van der Waals surface area (Å²) < 4.78 is 124. The number of carbonyl (C=O) groups is 3. The molecule has 16 heteroatoms. The van der Waals surface area contributed by atoms with E-state index in [1.165, 1.54) is 6.92 Å². The van der Waals surface area contributed by atoms with Crippen LogP contribution in [0.25, 0.3) is 0 Å². The zero-order valence-electron chi connectivity index (χ0n) is 19.5. The SMILES string of the molecule is CCS(=O)(=O)c1cc(Cl)ccc1C(=O)N(C(C)=O)c1ccc(C(F)(C(F)(F)F)C(F)(F)F)cc1C(=O)OC. The molecule has 0 bridgehead atoms. The van der Waals surface area contributed by atoms with Gasteiger partial charge in [0.1, 0.15) is 0 Å². The molecule has 0 atom stereocenters. The molecule has 0 unspecified atom stereocenters. The first kappa shape index (κ1) is 31.0. The average molecular weight is 592 g/mol. The minimum absolute atomic E-state index is 0.0163. The second-order valence-electron chi connectivity index (χ2n) is 7.58. The second-order valence-corrected chi connectivity index (χ2v) is 10.3. The smallest absolute Gasteiger partial charge is 0.435 e. The fraction of sp³-hybridized carbons (Fsp3) is 0.318. The summed E-state index contributed by atoms with van der Waals surface area (Å²) in [4.78, 5) is 37.6. The van der Waals surface area contributed by atoms with E-state index < -0.39 is 78.7 Å². The van der Waals surface area contributed by atoms with E-state index in [0.29, 0.717) is 13.2 Å². The fourth-order valence-corrected chi connectivity index (χ4v) is 4.68. The predicted octanol–water partition coefficient (Wildman–Crippen LogP) is 5.40. The molecule has 0 radical (unpaired) electrons. The average Bonchev–Trinajstić information content (AvgIpc) is 2.81. The standard InChI is InChI=1S/C22H17ClF7NO6S/c1-4-38(35,36)17-10-13(23)6-7-14(17)18(33)31(11(2)32)16-8-5-12(9-15(16)19(34)37-3)20(24,21(25,26)27)22(28,29)30/h5-10H,4H2,1-3H3. The van der Waals surface area contributed by atoms with Gasteiger partial charge < -0.3 is 4.74 Å². The number of imide groups is 1. The zero-order valence-corrected chi connectivity index (χ0v) is 21.1. The molecule has 0 spiro atoms. The lowest BCUT2D eigenvalue weighted by Crippen LogP contribution is -2.50. The first-order chi connectivity index (χ1) is 17.2. The number of ether oxygens (including phenoxy) is 1. The number of hydrogen-bond donors (Lipinski definition) is 0. The van der Waals surface area contributed by atoms with Crippen molar-refractivity contribution in [3.05, 3.63) is 58.1 Å². The number of sulfone groups is 1. The van der Waals surface area contributed by atoms with E-state index in [1.807, 2.05) is 0 Å². The predicted molar refractivity (Wildman–Crippen MR) is 119 cm³/mol. The van der Waals surface area contributed by atoms with Gasteiger partial charge in [-0.3, -0.25) is 9.59 Å². The number of rotatable bonds is 6. The number of esters is 1. The number of amides is 2. The van der Waals surface area contributed by atoms with Gasteiger partial charge in [-0.25, -0.2) is 22.5 Å². The van der Waals surface area contributed by atoms with Crippen LogP contribution in [-0.2, 0) is 25.0 Å². The summed E-state index contributed by atoms with van der Waals surface area (Å²) in [5.74, 6) is -4.83. The Balaban J connectivity index is 2.90. The number of alkyl halides is 7. The molecule has 0 aliphatic carbocycles. The molecule has 208 valence electrons. The zero-order chi connectivity index (χ0) is 29.4. The highest BCUT2D eigenvalue weighted by molar-refractivity contribution is 7.91. The van der Waals surface area contributed by atoms with Crippen molar-refractivity contribution in [2.24, 2.45) is 0 Å². The molecule has 2 rings (SSSR count). The van der Waals surface area contributed by atoms with Crippen LogP contribution in [0.4, 0.5) is 36.4 Å². The molecular weight excluding hydrogens is 575 g/mol. The van der Waals surface area contributed by atoms with Crippen molar-refractivity contribution < 1.29 is 58.3 Å². The Morgan fingerprint density at radius 1 is 0.921 bits per heavy atom. The molecule has 38 heavy (non-hydrogen) atoms. The van der Waals surface area contributed by atoms with Gasteiger partial charge >= 0.3 is 24.0 Å². The van der Waals surface area contributed by atoms with Crippen LogP contribution in [0.2, 0.25) is 5.02 Å². The maximum atomic E-state index is 14.6. The Bertz CT molecular complexity index is 1380. The van der Waals surface area contributed by atoms with Gasteiger partial charge in [-0.15, -0.1) is 0 Å². The Labute approximate surface area is 216 Å². The quantitative estimate of drug-likeness (QED) is 0.330. The van der Waals surface area contributed by atoms with Crippen LogP contribution in [0.1, 0.15) is 40.1 Å². The van der Waals surface area contributed by atoms with Gasteiger partial charge in [-0.2, -0.15) is 26.3 Å². The minimum Gasteiger partial charge on any atom is -0.465 e. The normalized spacial score (nSPS) is 12.7. The summed E-state index contributed by atoms with van der Waals surface area (Å²) in [7, 11) is -3.48. The molecule has 0 saturated heterocycles. The van der Waals surface area contributed by atoms with Gasteiger partial charge in [0, 0.05) is 17.5 Å². The number of carbonyl (C=O) groups excluding carboxylic acids is 3. The first-order valence-corrected chi connectivity index (χ1v) is 12.2. The summed E-state index contributed by atoms with van der Waals surface area (Å²) >= 11 is 5.83. The molecular formula is C22H17ClF7NO6S. The molecule has 0 aromatic heterocycles. The van der Waals surface area contributed by atoms with Crippen molar-refractivity contribution in [3.8, 4) is 0 Å². The van der Waals surface area contributed by atoms with Crippen LogP contribution in [-0.4, -0.2) is 51.4 Å². The third-order valence-electron chi connectivity index (χ3n) is 5.23. The monoisotopic (exact) mass is 591 g/mol. The van der Waals surface area contributed by atoms with Gasteiger partial charge in [0.05, 0.1) is 34.6 Å². The maximum absolute atomic E-state index is 14.6. The van der Waals surface area contributed by atoms with Crippen molar-refractivity contribution in [1.82, 2.24) is 0 Å². The van der Waals surface area contributed by atoms with Crippen molar-refractivity contribution in [3.63, 3.8) is 0 Å². The Kier molecular flexibility index (Phi) is 8.59. The van der Waals surface area contributed by atoms with E-state index in [0.717, 1.165) is 25.1 Å². The maximum Gasteiger partial charge on any atom is 0.435 e. The lowest BCUT2D eigenvalue weighted by atomic mass is 9.91. The Morgan fingerprint density at radius 3 is 1.92 bits per heavy atom. The van der Waals surface area contributed by atoms with Crippen LogP contribution in [0.3, 0.4) is 0 Å². The van der Waals surface area contributed by atoms with Crippen LogP contribution < -0.4 is 4.90 Å². The van der Waals surface area contributed by atoms with E-state index in [2.05, 4.69) is 4.74 Å². The van der Waals surface area contributed by atoms with E-state index in [1.54, 1.807) is 0 Å². The van der Waals surface area contributed by atoms with Gasteiger partial charge in [0.15, 0.2) is 9.84 Å². The minimum atomic E-state index is -6.52. The number of hydrogen-bond acceptors (Lipinski definition) is 6. The molecule has 7 nitrogen and oxygen atoms in total. The molecule has 2 amide bonds. The lowest BCUT2D eigenvalue weighted by Gasteiger charge is -2.31. The number of anilines is 1. The highest BCUT2D eigenvalue weighted by atomic mass is 35.5.